The summed E-state index contributed by atoms with van der Waals surface area (Å²) in [4.78, 5) is 8.22. The van der Waals surface area contributed by atoms with Crippen LogP contribution in [0.3, 0.4) is 0 Å². The molecule has 0 unspecified atom stereocenters. The molecule has 0 fully saturated rings. The number of rotatable bonds is 5. The SMILES string of the molecule is C=N/C(OCC)=C(\C(C)=C/C)c1cc2cc(Cl)ncc2n1C. The maximum absolute atomic E-state index is 5.99. The fourth-order valence-electron chi connectivity index (χ4n) is 2.40. The highest BCUT2D eigenvalue weighted by Crippen LogP contribution is 2.32. The lowest BCUT2D eigenvalue weighted by Crippen LogP contribution is -2.02. The molecule has 0 saturated heterocycles. The molecule has 5 heteroatoms. The highest BCUT2D eigenvalue weighted by atomic mass is 35.5. The second kappa shape index (κ2) is 6.79. The van der Waals surface area contributed by atoms with E-state index in [1.54, 1.807) is 6.20 Å². The summed E-state index contributed by atoms with van der Waals surface area (Å²) in [5.74, 6) is 0.531. The van der Waals surface area contributed by atoms with E-state index < -0.39 is 0 Å². The zero-order valence-corrected chi connectivity index (χ0v) is 14.1. The molecule has 0 spiro atoms. The van der Waals surface area contributed by atoms with Crippen LogP contribution in [0, 0.1) is 0 Å². The summed E-state index contributed by atoms with van der Waals surface area (Å²) in [7, 11) is 1.99. The Balaban J connectivity index is 2.77. The molecule has 0 saturated carbocycles. The monoisotopic (exact) mass is 317 g/mol. The van der Waals surface area contributed by atoms with E-state index in [0.717, 1.165) is 27.7 Å². The number of hydrogen-bond acceptors (Lipinski definition) is 3. The number of ether oxygens (including phenoxy) is 1. The Morgan fingerprint density at radius 3 is 2.82 bits per heavy atom. The number of aliphatic imine (C=N–C) groups is 1. The molecule has 0 N–H and O–H groups in total. The summed E-state index contributed by atoms with van der Waals surface area (Å²) in [5, 5.41) is 1.50. The van der Waals surface area contributed by atoms with Crippen molar-refractivity contribution in [3.63, 3.8) is 0 Å². The van der Waals surface area contributed by atoms with Crippen molar-refractivity contribution in [1.29, 1.82) is 0 Å². The Kier molecular flexibility index (Phi) is 5.03. The van der Waals surface area contributed by atoms with Gasteiger partial charge in [-0.3, -0.25) is 0 Å². The van der Waals surface area contributed by atoms with Gasteiger partial charge in [-0.15, -0.1) is 0 Å². The topological polar surface area (TPSA) is 39.4 Å². The number of halogens is 1. The lowest BCUT2D eigenvalue weighted by atomic mass is 10.0. The van der Waals surface area contributed by atoms with Gasteiger partial charge in [0, 0.05) is 12.4 Å². The maximum atomic E-state index is 5.99. The van der Waals surface area contributed by atoms with Crippen molar-refractivity contribution in [3.8, 4) is 0 Å². The van der Waals surface area contributed by atoms with Crippen molar-refractivity contribution < 1.29 is 4.74 Å². The molecule has 0 amide bonds. The average molecular weight is 318 g/mol. The summed E-state index contributed by atoms with van der Waals surface area (Å²) in [5.41, 5.74) is 3.99. The van der Waals surface area contributed by atoms with Gasteiger partial charge in [-0.1, -0.05) is 17.7 Å². The van der Waals surface area contributed by atoms with Gasteiger partial charge >= 0.3 is 0 Å². The van der Waals surface area contributed by atoms with Gasteiger partial charge < -0.3 is 9.30 Å². The van der Waals surface area contributed by atoms with Gasteiger partial charge in [-0.05, 0) is 45.2 Å². The molecule has 2 aromatic rings. The molecule has 4 nitrogen and oxygen atoms in total. The number of allylic oxidation sites excluding steroid dienone is 3. The molecule has 0 aliphatic carbocycles. The molecule has 116 valence electrons. The van der Waals surface area contributed by atoms with E-state index in [4.69, 9.17) is 16.3 Å². The summed E-state index contributed by atoms with van der Waals surface area (Å²) >= 11 is 5.99. The summed E-state index contributed by atoms with van der Waals surface area (Å²) in [6.07, 6.45) is 3.80. The highest BCUT2D eigenvalue weighted by molar-refractivity contribution is 6.30. The van der Waals surface area contributed by atoms with Crippen LogP contribution in [-0.4, -0.2) is 22.9 Å². The fraction of sp³-hybridized carbons (Fsp3) is 0.294. The number of aryl methyl sites for hydroxylation is 1. The number of nitrogens with zero attached hydrogens (tertiary/aromatic N) is 3. The molecule has 0 aliphatic heterocycles. The molecular formula is C17H20ClN3O. The first-order valence-electron chi connectivity index (χ1n) is 7.11. The van der Waals surface area contributed by atoms with Crippen LogP contribution in [0.2, 0.25) is 5.15 Å². The molecule has 22 heavy (non-hydrogen) atoms. The average Bonchev–Trinajstić information content (AvgIpc) is 2.82. The van der Waals surface area contributed by atoms with Gasteiger partial charge in [-0.2, -0.15) is 0 Å². The molecule has 2 aromatic heterocycles. The summed E-state index contributed by atoms with van der Waals surface area (Å²) in [6, 6.07) is 3.92. The standard InChI is InChI=1S/C17H20ClN3O/c1-6-11(3)16(17(19-4)22-7-2)13-8-12-9-15(18)20-10-14(12)21(13)5/h6,8-10H,4,7H2,1-3,5H3/b11-6-,17-16-. The van der Waals surface area contributed by atoms with Crippen molar-refractivity contribution in [2.75, 3.05) is 6.61 Å². The third kappa shape index (κ3) is 2.92. The van der Waals surface area contributed by atoms with Crippen molar-refractivity contribution in [2.45, 2.75) is 20.8 Å². The maximum Gasteiger partial charge on any atom is 0.222 e. The molecular weight excluding hydrogens is 298 g/mol. The van der Waals surface area contributed by atoms with Gasteiger partial charge in [0.25, 0.3) is 0 Å². The molecule has 2 heterocycles. The quantitative estimate of drug-likeness (QED) is 0.350. The normalized spacial score (nSPS) is 13.2. The second-order valence-corrected chi connectivity index (χ2v) is 5.28. The Bertz CT molecular complexity index is 772. The van der Waals surface area contributed by atoms with Gasteiger partial charge in [0.1, 0.15) is 5.15 Å². The van der Waals surface area contributed by atoms with E-state index >= 15 is 0 Å². The van der Waals surface area contributed by atoms with Crippen LogP contribution >= 0.6 is 11.6 Å². The lowest BCUT2D eigenvalue weighted by Gasteiger charge is -2.14. The van der Waals surface area contributed by atoms with Crippen LogP contribution in [0.15, 0.2) is 40.9 Å². The minimum absolute atomic E-state index is 0.477. The molecule has 2 rings (SSSR count). The van der Waals surface area contributed by atoms with E-state index in [2.05, 4.69) is 27.3 Å². The van der Waals surface area contributed by atoms with Gasteiger partial charge in [0.2, 0.25) is 5.88 Å². The second-order valence-electron chi connectivity index (χ2n) is 4.90. The molecule has 0 aliphatic rings. The van der Waals surface area contributed by atoms with E-state index in [9.17, 15) is 0 Å². The van der Waals surface area contributed by atoms with Crippen LogP contribution in [0.25, 0.3) is 16.5 Å². The fourth-order valence-corrected chi connectivity index (χ4v) is 2.57. The Morgan fingerprint density at radius 1 is 1.50 bits per heavy atom. The smallest absolute Gasteiger partial charge is 0.222 e. The zero-order chi connectivity index (χ0) is 16.3. The van der Waals surface area contributed by atoms with Crippen LogP contribution in [-0.2, 0) is 11.8 Å². The van der Waals surface area contributed by atoms with E-state index in [0.29, 0.717) is 17.6 Å². The molecule has 0 bridgehead atoms. The van der Waals surface area contributed by atoms with Gasteiger partial charge in [0.05, 0.1) is 29.6 Å². The Morgan fingerprint density at radius 2 is 2.23 bits per heavy atom. The Labute approximate surface area is 135 Å². The number of fused-ring (bicyclic) bond motifs is 1. The minimum atomic E-state index is 0.477. The first-order chi connectivity index (χ1) is 10.5. The van der Waals surface area contributed by atoms with E-state index in [-0.39, 0.29) is 0 Å². The molecule has 0 radical (unpaired) electrons. The molecule has 0 atom stereocenters. The van der Waals surface area contributed by atoms with Crippen LogP contribution < -0.4 is 0 Å². The van der Waals surface area contributed by atoms with E-state index in [1.165, 1.54) is 0 Å². The van der Waals surface area contributed by atoms with Gasteiger partial charge in [-0.25, -0.2) is 9.98 Å². The van der Waals surface area contributed by atoms with Gasteiger partial charge in [0.15, 0.2) is 0 Å². The number of aromatic nitrogens is 2. The number of pyridine rings is 1. The summed E-state index contributed by atoms with van der Waals surface area (Å²) < 4.78 is 7.72. The third-order valence-corrected chi connectivity index (χ3v) is 3.82. The van der Waals surface area contributed by atoms with Crippen LogP contribution in [0.4, 0.5) is 0 Å². The largest absolute Gasteiger partial charge is 0.477 e. The summed E-state index contributed by atoms with van der Waals surface area (Å²) in [6.45, 7) is 10.1. The van der Waals surface area contributed by atoms with Crippen LogP contribution in [0.5, 0.6) is 0 Å². The van der Waals surface area contributed by atoms with Crippen molar-refractivity contribution >= 4 is 34.8 Å². The first kappa shape index (κ1) is 16.3. The third-order valence-electron chi connectivity index (χ3n) is 3.62. The molecule has 0 aromatic carbocycles. The van der Waals surface area contributed by atoms with Crippen molar-refractivity contribution in [3.05, 3.63) is 46.7 Å². The zero-order valence-electron chi connectivity index (χ0n) is 13.4. The predicted molar refractivity (Wildman–Crippen MR) is 93.3 cm³/mol. The van der Waals surface area contributed by atoms with E-state index in [1.807, 2.05) is 40.0 Å². The highest BCUT2D eigenvalue weighted by Gasteiger charge is 2.17. The van der Waals surface area contributed by atoms with Crippen molar-refractivity contribution in [2.24, 2.45) is 12.0 Å². The van der Waals surface area contributed by atoms with Crippen molar-refractivity contribution in [1.82, 2.24) is 9.55 Å². The Hall–Kier alpha value is -2.07. The van der Waals surface area contributed by atoms with Crippen LogP contribution in [0.1, 0.15) is 26.5 Å². The predicted octanol–water partition coefficient (Wildman–Crippen LogP) is 4.60. The minimum Gasteiger partial charge on any atom is -0.477 e. The number of hydrogen-bond donors (Lipinski definition) is 0. The lowest BCUT2D eigenvalue weighted by molar-refractivity contribution is 0.229. The first-order valence-corrected chi connectivity index (χ1v) is 7.49.